The van der Waals surface area contributed by atoms with E-state index in [1.54, 1.807) is 12.4 Å². The van der Waals surface area contributed by atoms with Crippen molar-refractivity contribution in [2.24, 2.45) is 0 Å². The van der Waals surface area contributed by atoms with E-state index in [9.17, 15) is 13.6 Å². The zero-order valence-corrected chi connectivity index (χ0v) is 17.6. The summed E-state index contributed by atoms with van der Waals surface area (Å²) >= 11 is 0. The molecule has 0 bridgehead atoms. The summed E-state index contributed by atoms with van der Waals surface area (Å²) in [5, 5.41) is 0. The van der Waals surface area contributed by atoms with Gasteiger partial charge in [-0.2, -0.15) is 0 Å². The highest BCUT2D eigenvalue weighted by Crippen LogP contribution is 2.18. The van der Waals surface area contributed by atoms with Gasteiger partial charge in [-0.25, -0.2) is 8.78 Å². The molecule has 0 spiro atoms. The van der Waals surface area contributed by atoms with Gasteiger partial charge in [0.2, 0.25) is 5.91 Å². The zero-order chi connectivity index (χ0) is 21.9. The number of ether oxygens (including phenoxy) is 2. The zero-order valence-electron chi connectivity index (χ0n) is 17.6. The molecule has 31 heavy (non-hydrogen) atoms. The number of morpholine rings is 1. The fourth-order valence-corrected chi connectivity index (χ4v) is 3.47. The Morgan fingerprint density at radius 1 is 1.13 bits per heavy atom. The molecule has 1 fully saturated rings. The van der Waals surface area contributed by atoms with E-state index in [-0.39, 0.29) is 18.3 Å². The van der Waals surface area contributed by atoms with E-state index < -0.39 is 11.6 Å². The molecule has 3 rings (SSSR count). The average molecular weight is 433 g/mol. The van der Waals surface area contributed by atoms with Crippen LogP contribution in [0.2, 0.25) is 0 Å². The molecular formula is C23H29F2N3O3. The summed E-state index contributed by atoms with van der Waals surface area (Å²) in [6, 6.07) is 7.00. The summed E-state index contributed by atoms with van der Waals surface area (Å²) in [7, 11) is 0. The van der Waals surface area contributed by atoms with Crippen molar-refractivity contribution in [3.8, 4) is 5.75 Å². The van der Waals surface area contributed by atoms with E-state index in [0.717, 1.165) is 57.0 Å². The van der Waals surface area contributed by atoms with E-state index >= 15 is 0 Å². The first-order valence-corrected chi connectivity index (χ1v) is 10.7. The predicted molar refractivity (Wildman–Crippen MR) is 113 cm³/mol. The first-order chi connectivity index (χ1) is 15.1. The predicted octanol–water partition coefficient (Wildman–Crippen LogP) is 3.27. The summed E-state index contributed by atoms with van der Waals surface area (Å²) in [4.78, 5) is 21.1. The van der Waals surface area contributed by atoms with Gasteiger partial charge in [0.25, 0.3) is 0 Å². The molecule has 0 saturated carbocycles. The van der Waals surface area contributed by atoms with Gasteiger partial charge in [-0.1, -0.05) is 0 Å². The molecule has 0 N–H and O–H groups in total. The van der Waals surface area contributed by atoms with Crippen LogP contribution in [0.4, 0.5) is 8.78 Å². The van der Waals surface area contributed by atoms with Gasteiger partial charge in [0.1, 0.15) is 5.82 Å². The van der Waals surface area contributed by atoms with Gasteiger partial charge in [0.15, 0.2) is 11.6 Å². The number of rotatable bonds is 11. The number of nitrogens with zero attached hydrogens (tertiary/aromatic N) is 3. The van der Waals surface area contributed by atoms with E-state index in [4.69, 9.17) is 9.47 Å². The third-order valence-electron chi connectivity index (χ3n) is 5.17. The van der Waals surface area contributed by atoms with Crippen molar-refractivity contribution in [3.63, 3.8) is 0 Å². The molecule has 168 valence electrons. The maximum Gasteiger partial charge on any atom is 0.222 e. The van der Waals surface area contributed by atoms with Crippen molar-refractivity contribution in [2.75, 3.05) is 46.0 Å². The number of hydrogen-bond acceptors (Lipinski definition) is 5. The lowest BCUT2D eigenvalue weighted by Crippen LogP contribution is -2.39. The Labute approximate surface area is 181 Å². The smallest absolute Gasteiger partial charge is 0.222 e. The SMILES string of the molecule is O=C(CCCOc1ccc(F)cc1F)N(CCCN1CCOCC1)Cc1ccncc1. The minimum absolute atomic E-state index is 0.00648. The van der Waals surface area contributed by atoms with Crippen LogP contribution in [0.5, 0.6) is 5.75 Å². The minimum Gasteiger partial charge on any atom is -0.491 e. The number of benzene rings is 1. The van der Waals surface area contributed by atoms with Crippen molar-refractivity contribution in [1.82, 2.24) is 14.8 Å². The number of amides is 1. The maximum atomic E-state index is 13.6. The topological polar surface area (TPSA) is 54.9 Å². The van der Waals surface area contributed by atoms with Crippen molar-refractivity contribution in [2.45, 2.75) is 25.8 Å². The highest BCUT2D eigenvalue weighted by Gasteiger charge is 2.16. The maximum absolute atomic E-state index is 13.6. The Morgan fingerprint density at radius 3 is 2.65 bits per heavy atom. The van der Waals surface area contributed by atoms with Gasteiger partial charge < -0.3 is 14.4 Å². The van der Waals surface area contributed by atoms with Gasteiger partial charge >= 0.3 is 0 Å². The lowest BCUT2D eigenvalue weighted by atomic mass is 10.2. The Kier molecular flexibility index (Phi) is 9.17. The molecule has 8 heteroatoms. The molecule has 1 aromatic heterocycles. The Morgan fingerprint density at radius 2 is 1.90 bits per heavy atom. The fourth-order valence-electron chi connectivity index (χ4n) is 3.47. The fraction of sp³-hybridized carbons (Fsp3) is 0.478. The highest BCUT2D eigenvalue weighted by molar-refractivity contribution is 5.76. The molecule has 0 radical (unpaired) electrons. The van der Waals surface area contributed by atoms with Crippen LogP contribution in [0.3, 0.4) is 0 Å². The summed E-state index contributed by atoms with van der Waals surface area (Å²) in [5.41, 5.74) is 1.03. The van der Waals surface area contributed by atoms with Gasteiger partial charge in [-0.15, -0.1) is 0 Å². The minimum atomic E-state index is -0.742. The van der Waals surface area contributed by atoms with E-state index in [1.807, 2.05) is 17.0 Å². The number of carbonyl (C=O) groups is 1. The van der Waals surface area contributed by atoms with Crippen LogP contribution in [-0.4, -0.2) is 66.7 Å². The van der Waals surface area contributed by atoms with Crippen molar-refractivity contribution in [1.29, 1.82) is 0 Å². The molecule has 6 nitrogen and oxygen atoms in total. The van der Waals surface area contributed by atoms with E-state index in [1.165, 1.54) is 6.07 Å². The summed E-state index contributed by atoms with van der Waals surface area (Å²) in [6.07, 6.45) is 5.07. The molecular weight excluding hydrogens is 404 g/mol. The van der Waals surface area contributed by atoms with Crippen LogP contribution in [-0.2, 0) is 16.1 Å². The second-order valence-corrected chi connectivity index (χ2v) is 7.51. The average Bonchev–Trinajstić information content (AvgIpc) is 2.78. The number of carbonyl (C=O) groups excluding carboxylic acids is 1. The molecule has 1 saturated heterocycles. The van der Waals surface area contributed by atoms with Crippen LogP contribution >= 0.6 is 0 Å². The van der Waals surface area contributed by atoms with Gasteiger partial charge in [0, 0.05) is 57.6 Å². The second-order valence-electron chi connectivity index (χ2n) is 7.51. The second kappa shape index (κ2) is 12.3. The van der Waals surface area contributed by atoms with Crippen molar-refractivity contribution in [3.05, 3.63) is 59.9 Å². The highest BCUT2D eigenvalue weighted by atomic mass is 19.1. The van der Waals surface area contributed by atoms with E-state index in [2.05, 4.69) is 9.88 Å². The Balaban J connectivity index is 1.47. The summed E-state index contributed by atoms with van der Waals surface area (Å²) < 4.78 is 37.4. The Hall–Kier alpha value is -2.58. The first kappa shape index (κ1) is 23.1. The molecule has 1 aromatic carbocycles. The quantitative estimate of drug-likeness (QED) is 0.509. The molecule has 1 amide bonds. The molecule has 0 aliphatic carbocycles. The number of aromatic nitrogens is 1. The third kappa shape index (κ3) is 7.88. The summed E-state index contributed by atoms with van der Waals surface area (Å²) in [6.45, 7) is 5.67. The van der Waals surface area contributed by atoms with Crippen LogP contribution in [0.1, 0.15) is 24.8 Å². The van der Waals surface area contributed by atoms with Crippen LogP contribution in [0, 0.1) is 11.6 Å². The first-order valence-electron chi connectivity index (χ1n) is 10.7. The van der Waals surface area contributed by atoms with Crippen LogP contribution in [0.25, 0.3) is 0 Å². The molecule has 1 aliphatic heterocycles. The molecule has 0 atom stereocenters. The lowest BCUT2D eigenvalue weighted by Gasteiger charge is -2.28. The van der Waals surface area contributed by atoms with Crippen molar-refractivity contribution < 1.29 is 23.0 Å². The van der Waals surface area contributed by atoms with Gasteiger partial charge in [-0.3, -0.25) is 14.7 Å². The summed E-state index contributed by atoms with van der Waals surface area (Å²) in [5.74, 6) is -1.37. The number of halogens is 2. The third-order valence-corrected chi connectivity index (χ3v) is 5.17. The van der Waals surface area contributed by atoms with Gasteiger partial charge in [0.05, 0.1) is 19.8 Å². The van der Waals surface area contributed by atoms with Crippen LogP contribution in [0.15, 0.2) is 42.7 Å². The normalized spacial score (nSPS) is 14.4. The number of hydrogen-bond donors (Lipinski definition) is 0. The lowest BCUT2D eigenvalue weighted by molar-refractivity contribution is -0.132. The molecule has 1 aliphatic rings. The Bertz CT molecular complexity index is 817. The largest absolute Gasteiger partial charge is 0.491 e. The molecule has 0 unspecified atom stereocenters. The molecule has 2 aromatic rings. The van der Waals surface area contributed by atoms with Gasteiger partial charge in [-0.05, 0) is 42.7 Å². The van der Waals surface area contributed by atoms with Crippen molar-refractivity contribution >= 4 is 5.91 Å². The molecule has 2 heterocycles. The van der Waals surface area contributed by atoms with E-state index in [0.29, 0.717) is 25.9 Å². The standard InChI is InChI=1S/C23H29F2N3O3/c24-20-4-5-22(21(25)17-20)31-14-1-3-23(29)28(18-19-6-8-26-9-7-19)11-2-10-27-12-15-30-16-13-27/h4-9,17H,1-3,10-16,18H2. The van der Waals surface area contributed by atoms with Crippen LogP contribution < -0.4 is 4.74 Å². The number of pyridine rings is 1. The monoisotopic (exact) mass is 433 g/mol.